The number of urea groups is 1. The fraction of sp³-hybridized carbons (Fsp3) is 0.280. The highest BCUT2D eigenvalue weighted by atomic mass is 16.5. The van der Waals surface area contributed by atoms with Crippen LogP contribution in [0.5, 0.6) is 5.75 Å². The second kappa shape index (κ2) is 8.68. The number of carbonyl (C=O) groups excluding carboxylic acids is 4. The first-order valence-corrected chi connectivity index (χ1v) is 11.3. The van der Waals surface area contributed by atoms with E-state index in [1.807, 2.05) is 0 Å². The summed E-state index contributed by atoms with van der Waals surface area (Å²) in [6.07, 6.45) is -0.697. The second-order valence-corrected chi connectivity index (χ2v) is 8.92. The Kier molecular flexibility index (Phi) is 5.64. The first-order chi connectivity index (χ1) is 17.2. The minimum atomic E-state index is -1.66. The Morgan fingerprint density at radius 3 is 2.72 bits per heavy atom. The lowest BCUT2D eigenvalue weighted by molar-refractivity contribution is -0.125. The number of hydrogen-bond donors (Lipinski definition) is 4. The van der Waals surface area contributed by atoms with Crippen molar-refractivity contribution < 1.29 is 33.4 Å². The van der Waals surface area contributed by atoms with Crippen LogP contribution in [0.25, 0.3) is 11.0 Å². The zero-order chi connectivity index (χ0) is 25.6. The molecule has 0 bridgehead atoms. The van der Waals surface area contributed by atoms with Gasteiger partial charge in [-0.05, 0) is 42.8 Å². The van der Waals surface area contributed by atoms with Crippen LogP contribution in [0.4, 0.5) is 4.79 Å². The van der Waals surface area contributed by atoms with E-state index in [4.69, 9.17) is 9.15 Å². The Morgan fingerprint density at radius 2 is 2.03 bits per heavy atom. The number of methoxy groups -OCH3 is 1. The van der Waals surface area contributed by atoms with Crippen LogP contribution in [-0.2, 0) is 16.9 Å². The number of amides is 5. The molecular formula is C25H24N4O7. The number of aliphatic hydroxyl groups is 1. The van der Waals surface area contributed by atoms with Crippen LogP contribution in [0.3, 0.4) is 0 Å². The predicted octanol–water partition coefficient (Wildman–Crippen LogP) is 1.24. The third-order valence-corrected chi connectivity index (χ3v) is 6.33. The van der Waals surface area contributed by atoms with E-state index in [0.29, 0.717) is 27.8 Å². The second-order valence-electron chi connectivity index (χ2n) is 8.92. The van der Waals surface area contributed by atoms with E-state index in [0.717, 1.165) is 5.56 Å². The summed E-state index contributed by atoms with van der Waals surface area (Å²) in [7, 11) is 1.51. The van der Waals surface area contributed by atoms with Crippen LogP contribution in [0, 0.1) is 0 Å². The van der Waals surface area contributed by atoms with E-state index in [1.54, 1.807) is 43.3 Å². The Labute approximate surface area is 205 Å². The molecule has 11 heteroatoms. The Morgan fingerprint density at radius 1 is 1.22 bits per heavy atom. The van der Waals surface area contributed by atoms with Crippen molar-refractivity contribution in [1.82, 2.24) is 20.9 Å². The van der Waals surface area contributed by atoms with Crippen molar-refractivity contribution in [3.63, 3.8) is 0 Å². The summed E-state index contributed by atoms with van der Waals surface area (Å²) in [5.41, 5.74) is 0.206. The molecule has 3 aromatic rings. The van der Waals surface area contributed by atoms with Crippen molar-refractivity contribution in [2.24, 2.45) is 0 Å². The van der Waals surface area contributed by atoms with Crippen molar-refractivity contribution >= 4 is 34.7 Å². The molecule has 0 saturated carbocycles. The molecule has 36 heavy (non-hydrogen) atoms. The van der Waals surface area contributed by atoms with Gasteiger partial charge in [0.25, 0.3) is 17.7 Å². The third-order valence-electron chi connectivity index (χ3n) is 6.33. The average molecular weight is 492 g/mol. The summed E-state index contributed by atoms with van der Waals surface area (Å²) in [6.45, 7) is 1.73. The maximum absolute atomic E-state index is 13.1. The molecule has 0 spiro atoms. The minimum Gasteiger partial charge on any atom is -0.497 e. The molecule has 5 rings (SSSR count). The topological polar surface area (TPSA) is 150 Å². The van der Waals surface area contributed by atoms with Crippen LogP contribution < -0.4 is 20.7 Å². The zero-order valence-corrected chi connectivity index (χ0v) is 19.6. The number of imide groups is 1. The Balaban J connectivity index is 1.48. The number of rotatable bonds is 7. The highest BCUT2D eigenvalue weighted by Gasteiger charge is 2.53. The predicted molar refractivity (Wildman–Crippen MR) is 126 cm³/mol. The Bertz CT molecular complexity index is 1410. The van der Waals surface area contributed by atoms with Gasteiger partial charge in [0, 0.05) is 29.6 Å². The van der Waals surface area contributed by atoms with Gasteiger partial charge in [0.1, 0.15) is 17.1 Å². The largest absolute Gasteiger partial charge is 0.497 e. The molecule has 2 atom stereocenters. The lowest BCUT2D eigenvalue weighted by Crippen LogP contribution is -2.52. The maximum atomic E-state index is 13.1. The highest BCUT2D eigenvalue weighted by Crippen LogP contribution is 2.35. The van der Waals surface area contributed by atoms with E-state index in [2.05, 4.69) is 16.0 Å². The first-order valence-electron chi connectivity index (χ1n) is 11.3. The summed E-state index contributed by atoms with van der Waals surface area (Å²) in [5, 5.41) is 17.5. The normalized spacial score (nSPS) is 19.8. The van der Waals surface area contributed by atoms with Gasteiger partial charge < -0.3 is 29.8 Å². The van der Waals surface area contributed by atoms with Crippen LogP contribution in [0.1, 0.15) is 39.0 Å². The van der Waals surface area contributed by atoms with E-state index in [-0.39, 0.29) is 31.3 Å². The third kappa shape index (κ3) is 3.93. The molecule has 1 fully saturated rings. The molecule has 2 aromatic carbocycles. The van der Waals surface area contributed by atoms with Gasteiger partial charge in [-0.3, -0.25) is 19.7 Å². The number of carbonyl (C=O) groups is 4. The number of benzene rings is 2. The molecule has 0 radical (unpaired) electrons. The molecule has 11 nitrogen and oxygen atoms in total. The van der Waals surface area contributed by atoms with Crippen molar-refractivity contribution in [2.45, 2.75) is 25.1 Å². The maximum Gasteiger partial charge on any atom is 0.322 e. The average Bonchev–Trinajstić information content (AvgIpc) is 3.50. The molecular weight excluding hydrogens is 468 g/mol. The summed E-state index contributed by atoms with van der Waals surface area (Å²) < 4.78 is 11.2. The van der Waals surface area contributed by atoms with E-state index in [1.165, 1.54) is 18.1 Å². The molecule has 2 aliphatic heterocycles. The summed E-state index contributed by atoms with van der Waals surface area (Å²) in [6, 6.07) is 10.8. The van der Waals surface area contributed by atoms with E-state index < -0.39 is 29.5 Å². The minimum absolute atomic E-state index is 0.0910. The molecule has 1 aromatic heterocycles. The molecule has 2 unspecified atom stereocenters. The van der Waals surface area contributed by atoms with Gasteiger partial charge in [0.05, 0.1) is 19.8 Å². The molecule has 3 heterocycles. The molecule has 5 amide bonds. The van der Waals surface area contributed by atoms with Crippen LogP contribution >= 0.6 is 0 Å². The standard InChI is InChI=1S/C25H24N4O7/c1-13(30)10-26-21(31)15-4-3-14-8-20(36-19(14)7-15)25(23(33)27-24(34)28-25)12-29-11-16-5-6-17(35-2)9-18(16)22(29)32/h3-9,13,30H,10-12H2,1-2H3,(H,26,31)(H2,27,28,33,34). The number of ether oxygens (including phenoxy) is 1. The monoisotopic (exact) mass is 492 g/mol. The fourth-order valence-electron chi connectivity index (χ4n) is 4.46. The lowest BCUT2D eigenvalue weighted by Gasteiger charge is -2.29. The quantitative estimate of drug-likeness (QED) is 0.363. The van der Waals surface area contributed by atoms with Crippen molar-refractivity contribution in [3.8, 4) is 5.75 Å². The smallest absolute Gasteiger partial charge is 0.322 e. The van der Waals surface area contributed by atoms with Crippen LogP contribution in [0.15, 0.2) is 46.9 Å². The summed E-state index contributed by atoms with van der Waals surface area (Å²) in [5.74, 6) is -0.679. The number of aliphatic hydroxyl groups excluding tert-OH is 1. The van der Waals surface area contributed by atoms with E-state index >= 15 is 0 Å². The van der Waals surface area contributed by atoms with Crippen molar-refractivity contribution in [1.29, 1.82) is 0 Å². The van der Waals surface area contributed by atoms with Gasteiger partial charge in [0.2, 0.25) is 0 Å². The SMILES string of the molecule is COc1ccc2c(c1)C(=O)N(CC1(c3cc4ccc(C(=O)NCC(C)O)cc4o3)NC(=O)NC1=O)C2. The number of fused-ring (bicyclic) bond motifs is 2. The van der Waals surface area contributed by atoms with Crippen molar-refractivity contribution in [3.05, 3.63) is 64.9 Å². The molecule has 1 saturated heterocycles. The lowest BCUT2D eigenvalue weighted by atomic mass is 9.95. The highest BCUT2D eigenvalue weighted by molar-refractivity contribution is 6.08. The van der Waals surface area contributed by atoms with Gasteiger partial charge in [0.15, 0.2) is 5.54 Å². The van der Waals surface area contributed by atoms with Gasteiger partial charge in [-0.25, -0.2) is 4.79 Å². The molecule has 186 valence electrons. The fourth-order valence-corrected chi connectivity index (χ4v) is 4.46. The summed E-state index contributed by atoms with van der Waals surface area (Å²) >= 11 is 0. The first kappa shape index (κ1) is 23.4. The van der Waals surface area contributed by atoms with E-state index in [9.17, 15) is 24.3 Å². The number of nitrogens with zero attached hydrogens (tertiary/aromatic N) is 1. The molecule has 0 aliphatic carbocycles. The zero-order valence-electron chi connectivity index (χ0n) is 19.6. The van der Waals surface area contributed by atoms with Crippen LogP contribution in [0.2, 0.25) is 0 Å². The number of hydrogen-bond acceptors (Lipinski definition) is 7. The van der Waals surface area contributed by atoms with Gasteiger partial charge in [-0.2, -0.15) is 0 Å². The van der Waals surface area contributed by atoms with Crippen LogP contribution in [-0.4, -0.2) is 60.1 Å². The Hall–Kier alpha value is -4.38. The molecule has 2 aliphatic rings. The van der Waals surface area contributed by atoms with Gasteiger partial charge >= 0.3 is 6.03 Å². The number of nitrogens with one attached hydrogen (secondary N) is 3. The van der Waals surface area contributed by atoms with Gasteiger partial charge in [-0.1, -0.05) is 12.1 Å². The van der Waals surface area contributed by atoms with Crippen molar-refractivity contribution in [2.75, 3.05) is 20.2 Å². The van der Waals surface area contributed by atoms with Gasteiger partial charge in [-0.15, -0.1) is 0 Å². The molecule has 4 N–H and O–H groups in total. The summed E-state index contributed by atoms with van der Waals surface area (Å²) in [4.78, 5) is 52.3. The number of furan rings is 1.